The van der Waals surface area contributed by atoms with E-state index in [-0.39, 0.29) is 36.2 Å². The van der Waals surface area contributed by atoms with Crippen molar-refractivity contribution >= 4 is 66.2 Å². The zero-order valence-corrected chi connectivity index (χ0v) is 18.6. The maximum atomic E-state index is 13.1. The molecule has 0 saturated carbocycles. The van der Waals surface area contributed by atoms with Gasteiger partial charge in [0.25, 0.3) is 20.0 Å². The highest BCUT2D eigenvalue weighted by atomic mass is 35.5. The molecule has 0 atom stereocenters. The highest BCUT2D eigenvalue weighted by Gasteiger charge is 2.19. The van der Waals surface area contributed by atoms with E-state index in [1.807, 2.05) is 0 Å². The topological polar surface area (TPSA) is 92.3 Å². The van der Waals surface area contributed by atoms with Gasteiger partial charge in [0.15, 0.2) is 0 Å². The Labute approximate surface area is 187 Å². The largest absolute Gasteiger partial charge is 0.280 e. The lowest BCUT2D eigenvalue weighted by Crippen LogP contribution is -2.15. The number of nitrogens with one attached hydrogen (secondary N) is 2. The molecule has 0 aromatic heterocycles. The van der Waals surface area contributed by atoms with Crippen LogP contribution in [0.1, 0.15) is 0 Å². The molecule has 0 heterocycles. The van der Waals surface area contributed by atoms with Crippen LogP contribution in [0.25, 0.3) is 0 Å². The number of hydrogen-bond acceptors (Lipinski definition) is 4. The van der Waals surface area contributed by atoms with Crippen molar-refractivity contribution in [1.29, 1.82) is 0 Å². The van der Waals surface area contributed by atoms with E-state index < -0.39 is 25.9 Å². The van der Waals surface area contributed by atoms with Crippen molar-refractivity contribution in [1.82, 2.24) is 0 Å². The fraction of sp³-hybridized carbons (Fsp3) is 0. The Balaban J connectivity index is 1.81. The maximum absolute atomic E-state index is 13.1. The third kappa shape index (κ3) is 5.35. The average Bonchev–Trinajstić information content (AvgIpc) is 2.63. The van der Waals surface area contributed by atoms with Crippen molar-refractivity contribution in [3.8, 4) is 0 Å². The van der Waals surface area contributed by atoms with E-state index >= 15 is 0 Å². The van der Waals surface area contributed by atoms with E-state index in [0.29, 0.717) is 0 Å². The normalized spacial score (nSPS) is 11.9. The molecule has 0 fully saturated rings. The third-order valence-corrected chi connectivity index (χ3v) is 7.23. The molecule has 0 amide bonds. The molecule has 0 aliphatic heterocycles. The van der Waals surface area contributed by atoms with Crippen LogP contribution in [0, 0.1) is 5.82 Å². The molecule has 2 N–H and O–H groups in total. The van der Waals surface area contributed by atoms with Gasteiger partial charge in [-0.25, -0.2) is 21.2 Å². The highest BCUT2D eigenvalue weighted by Crippen LogP contribution is 2.27. The quantitative estimate of drug-likeness (QED) is 0.466. The van der Waals surface area contributed by atoms with E-state index in [9.17, 15) is 21.2 Å². The summed E-state index contributed by atoms with van der Waals surface area (Å²) < 4.78 is 67.6. The van der Waals surface area contributed by atoms with Gasteiger partial charge in [0, 0.05) is 15.7 Å². The van der Waals surface area contributed by atoms with Crippen molar-refractivity contribution in [3.05, 3.63) is 81.5 Å². The summed E-state index contributed by atoms with van der Waals surface area (Å²) in [4.78, 5) is -0.305. The number of sulfonamides is 2. The van der Waals surface area contributed by atoms with E-state index in [4.69, 9.17) is 34.8 Å². The molecule has 3 rings (SSSR count). The minimum Gasteiger partial charge on any atom is -0.280 e. The summed E-state index contributed by atoms with van der Waals surface area (Å²) in [6.45, 7) is 0. The van der Waals surface area contributed by atoms with Gasteiger partial charge < -0.3 is 0 Å². The fourth-order valence-corrected chi connectivity index (χ4v) is 5.51. The predicted molar refractivity (Wildman–Crippen MR) is 116 cm³/mol. The first-order chi connectivity index (χ1) is 14.0. The van der Waals surface area contributed by atoms with Crippen molar-refractivity contribution < 1.29 is 21.2 Å². The molecule has 158 valence electrons. The maximum Gasteiger partial charge on any atom is 0.261 e. The third-order valence-electron chi connectivity index (χ3n) is 3.74. The molecule has 0 saturated heterocycles. The van der Waals surface area contributed by atoms with Crippen LogP contribution < -0.4 is 9.44 Å². The first-order valence-corrected chi connectivity index (χ1v) is 12.1. The molecule has 6 nitrogen and oxygen atoms in total. The standard InChI is InChI=1S/C18H12Cl3FN2O4S2/c19-11-7-12(20)9-16(8-11)30(27,28)23-14-2-4-15(5-3-14)29(25,26)24-18-6-1-13(22)10-17(18)21/h1-10,23-24H. The summed E-state index contributed by atoms with van der Waals surface area (Å²) in [5, 5.41) is 0.188. The summed E-state index contributed by atoms with van der Waals surface area (Å²) in [5.74, 6) is -0.611. The molecule has 0 radical (unpaired) electrons. The second-order valence-corrected chi connectivity index (χ2v) is 10.6. The van der Waals surface area contributed by atoms with Crippen LogP contribution >= 0.6 is 34.8 Å². The van der Waals surface area contributed by atoms with Crippen LogP contribution in [-0.4, -0.2) is 16.8 Å². The highest BCUT2D eigenvalue weighted by molar-refractivity contribution is 7.93. The van der Waals surface area contributed by atoms with Gasteiger partial charge in [-0.05, 0) is 60.7 Å². The molecule has 0 bridgehead atoms. The van der Waals surface area contributed by atoms with Crippen LogP contribution in [-0.2, 0) is 20.0 Å². The van der Waals surface area contributed by atoms with Gasteiger partial charge in [-0.1, -0.05) is 34.8 Å². The smallest absolute Gasteiger partial charge is 0.261 e. The predicted octanol–water partition coefficient (Wildman–Crippen LogP) is 5.39. The zero-order chi connectivity index (χ0) is 22.1. The Morgan fingerprint density at radius 2 is 1.23 bits per heavy atom. The first kappa shape index (κ1) is 22.6. The van der Waals surface area contributed by atoms with Gasteiger partial charge in [0.05, 0.1) is 20.5 Å². The molecule has 30 heavy (non-hydrogen) atoms. The number of hydrogen-bond donors (Lipinski definition) is 2. The van der Waals surface area contributed by atoms with Crippen LogP contribution in [0.15, 0.2) is 70.5 Å². The molecule has 12 heteroatoms. The second kappa shape index (κ2) is 8.60. The minimum absolute atomic E-state index is 0.000631. The fourth-order valence-electron chi connectivity index (χ4n) is 2.38. The summed E-state index contributed by atoms with van der Waals surface area (Å²) in [6, 6.07) is 12.0. The van der Waals surface area contributed by atoms with Crippen molar-refractivity contribution in [2.24, 2.45) is 0 Å². The van der Waals surface area contributed by atoms with E-state index in [1.165, 1.54) is 48.5 Å². The lowest BCUT2D eigenvalue weighted by molar-refractivity contribution is 0.600. The van der Waals surface area contributed by atoms with Crippen LogP contribution in [0.4, 0.5) is 15.8 Å². The number of halogens is 4. The molecule has 0 aliphatic rings. The summed E-state index contributed by atoms with van der Waals surface area (Å²) in [5.41, 5.74) is 0.116. The van der Waals surface area contributed by atoms with Gasteiger partial charge in [-0.2, -0.15) is 0 Å². The Morgan fingerprint density at radius 1 is 0.667 bits per heavy atom. The van der Waals surface area contributed by atoms with Gasteiger partial charge in [-0.3, -0.25) is 9.44 Å². The SMILES string of the molecule is O=S(=O)(Nc1ccc(S(=O)(=O)Nc2ccc(F)cc2Cl)cc1)c1cc(Cl)cc(Cl)c1. The zero-order valence-electron chi connectivity index (χ0n) is 14.7. The number of benzene rings is 3. The lowest BCUT2D eigenvalue weighted by atomic mass is 10.3. The Kier molecular flexibility index (Phi) is 6.49. The van der Waals surface area contributed by atoms with E-state index in [0.717, 1.165) is 12.1 Å². The van der Waals surface area contributed by atoms with Crippen molar-refractivity contribution in [2.75, 3.05) is 9.44 Å². The summed E-state index contributed by atoms with van der Waals surface area (Å²) >= 11 is 17.5. The molecular formula is C18H12Cl3FN2O4S2. The Hall–Kier alpha value is -2.04. The van der Waals surface area contributed by atoms with Crippen LogP contribution in [0.5, 0.6) is 0 Å². The van der Waals surface area contributed by atoms with Crippen molar-refractivity contribution in [2.45, 2.75) is 9.79 Å². The van der Waals surface area contributed by atoms with Gasteiger partial charge in [-0.15, -0.1) is 0 Å². The summed E-state index contributed by atoms with van der Waals surface area (Å²) in [7, 11) is -8.04. The first-order valence-electron chi connectivity index (χ1n) is 8.03. The average molecular weight is 510 g/mol. The Bertz CT molecular complexity index is 1300. The van der Waals surface area contributed by atoms with E-state index in [1.54, 1.807) is 0 Å². The lowest BCUT2D eigenvalue weighted by Gasteiger charge is -2.12. The molecule has 0 aliphatic carbocycles. The van der Waals surface area contributed by atoms with Gasteiger partial charge in [0.1, 0.15) is 5.82 Å². The van der Waals surface area contributed by atoms with Crippen LogP contribution in [0.2, 0.25) is 15.1 Å². The number of rotatable bonds is 6. The second-order valence-electron chi connectivity index (χ2n) is 5.96. The molecular weight excluding hydrogens is 498 g/mol. The molecule has 0 unspecified atom stereocenters. The van der Waals surface area contributed by atoms with Gasteiger partial charge in [0.2, 0.25) is 0 Å². The Morgan fingerprint density at radius 3 is 1.80 bits per heavy atom. The van der Waals surface area contributed by atoms with Crippen molar-refractivity contribution in [3.63, 3.8) is 0 Å². The number of anilines is 2. The summed E-state index contributed by atoms with van der Waals surface area (Å²) in [6.07, 6.45) is 0. The van der Waals surface area contributed by atoms with Gasteiger partial charge >= 0.3 is 0 Å². The minimum atomic E-state index is -4.04. The molecule has 3 aromatic carbocycles. The van der Waals surface area contributed by atoms with Crippen LogP contribution in [0.3, 0.4) is 0 Å². The monoisotopic (exact) mass is 508 g/mol. The molecule has 3 aromatic rings. The van der Waals surface area contributed by atoms with E-state index in [2.05, 4.69) is 9.44 Å². The molecule has 0 spiro atoms.